The van der Waals surface area contributed by atoms with Crippen LogP contribution in [0.25, 0.3) is 0 Å². The maximum atomic E-state index is 8.25. The van der Waals surface area contributed by atoms with E-state index >= 15 is 0 Å². The molecule has 0 aromatic carbocycles. The number of halogens is 1. The van der Waals surface area contributed by atoms with E-state index in [1.807, 2.05) is 0 Å². The standard InChI is InChI=1S/C5H5ClN2O2/c1-3(7-9)4-2-5(6)8-10-4/h2,9H,1H3. The Morgan fingerprint density at radius 1 is 1.90 bits per heavy atom. The van der Waals surface area contributed by atoms with Crippen LogP contribution in [0.4, 0.5) is 0 Å². The van der Waals surface area contributed by atoms with Gasteiger partial charge in [-0.05, 0) is 6.92 Å². The zero-order chi connectivity index (χ0) is 7.56. The highest BCUT2D eigenvalue weighted by Gasteiger charge is 2.04. The Morgan fingerprint density at radius 2 is 2.60 bits per heavy atom. The molecule has 54 valence electrons. The molecule has 1 aromatic rings. The van der Waals surface area contributed by atoms with E-state index in [0.29, 0.717) is 11.5 Å². The monoisotopic (exact) mass is 160 g/mol. The first-order chi connectivity index (χ1) is 4.74. The highest BCUT2D eigenvalue weighted by atomic mass is 35.5. The van der Waals surface area contributed by atoms with Gasteiger partial charge >= 0.3 is 0 Å². The van der Waals surface area contributed by atoms with Crippen molar-refractivity contribution >= 4 is 17.3 Å². The van der Waals surface area contributed by atoms with Gasteiger partial charge in [0.05, 0.1) is 0 Å². The molecule has 0 bridgehead atoms. The van der Waals surface area contributed by atoms with Crippen molar-refractivity contribution in [3.63, 3.8) is 0 Å². The summed E-state index contributed by atoms with van der Waals surface area (Å²) in [6.07, 6.45) is 0. The molecule has 0 amide bonds. The van der Waals surface area contributed by atoms with Gasteiger partial charge in [0, 0.05) is 6.07 Å². The molecular formula is C5H5ClN2O2. The molecule has 0 atom stereocenters. The molecule has 1 N–H and O–H groups in total. The minimum absolute atomic E-state index is 0.248. The van der Waals surface area contributed by atoms with Crippen LogP contribution in [0.1, 0.15) is 12.7 Å². The molecule has 0 spiro atoms. The first kappa shape index (κ1) is 7.08. The summed E-state index contributed by atoms with van der Waals surface area (Å²) in [6, 6.07) is 1.47. The van der Waals surface area contributed by atoms with Crippen molar-refractivity contribution in [2.75, 3.05) is 0 Å². The van der Waals surface area contributed by atoms with Crippen LogP contribution in [0, 0.1) is 0 Å². The smallest absolute Gasteiger partial charge is 0.185 e. The molecule has 0 aliphatic carbocycles. The van der Waals surface area contributed by atoms with Gasteiger partial charge in [-0.2, -0.15) is 0 Å². The molecule has 1 heterocycles. The minimum Gasteiger partial charge on any atom is -0.411 e. The van der Waals surface area contributed by atoms with Crippen LogP contribution in [-0.2, 0) is 0 Å². The summed E-state index contributed by atoms with van der Waals surface area (Å²) in [7, 11) is 0. The second kappa shape index (κ2) is 2.70. The molecule has 0 unspecified atom stereocenters. The lowest BCUT2D eigenvalue weighted by Crippen LogP contribution is -1.89. The average molecular weight is 161 g/mol. The number of nitrogens with zero attached hydrogens (tertiary/aromatic N) is 2. The molecule has 0 fully saturated rings. The van der Waals surface area contributed by atoms with Gasteiger partial charge in [-0.15, -0.1) is 0 Å². The largest absolute Gasteiger partial charge is 0.411 e. The first-order valence-electron chi connectivity index (χ1n) is 2.55. The lowest BCUT2D eigenvalue weighted by Gasteiger charge is -1.84. The van der Waals surface area contributed by atoms with E-state index in [1.165, 1.54) is 6.07 Å². The maximum absolute atomic E-state index is 8.25. The number of hydrogen-bond donors (Lipinski definition) is 1. The Balaban J connectivity index is 2.95. The molecule has 5 heteroatoms. The Morgan fingerprint density at radius 3 is 3.00 bits per heavy atom. The third kappa shape index (κ3) is 1.27. The number of aromatic nitrogens is 1. The zero-order valence-electron chi connectivity index (χ0n) is 5.21. The van der Waals surface area contributed by atoms with Crippen LogP contribution in [0.2, 0.25) is 5.15 Å². The third-order valence-corrected chi connectivity index (χ3v) is 1.17. The van der Waals surface area contributed by atoms with Crippen molar-refractivity contribution in [1.82, 2.24) is 5.16 Å². The molecule has 4 nitrogen and oxygen atoms in total. The summed E-state index contributed by atoms with van der Waals surface area (Å²) in [5.41, 5.74) is 0.347. The Hall–Kier alpha value is -1.03. The zero-order valence-corrected chi connectivity index (χ0v) is 5.96. The van der Waals surface area contributed by atoms with Crippen molar-refractivity contribution in [2.45, 2.75) is 6.92 Å². The van der Waals surface area contributed by atoms with Crippen LogP contribution < -0.4 is 0 Å². The van der Waals surface area contributed by atoms with Crippen LogP contribution in [-0.4, -0.2) is 16.1 Å². The van der Waals surface area contributed by atoms with Gasteiger partial charge in [0.2, 0.25) is 0 Å². The summed E-state index contributed by atoms with van der Waals surface area (Å²) in [5, 5.41) is 14.8. The summed E-state index contributed by atoms with van der Waals surface area (Å²) < 4.78 is 4.64. The van der Waals surface area contributed by atoms with Gasteiger partial charge in [-0.1, -0.05) is 21.9 Å². The summed E-state index contributed by atoms with van der Waals surface area (Å²) >= 11 is 5.42. The summed E-state index contributed by atoms with van der Waals surface area (Å²) in [4.78, 5) is 0. The second-order valence-corrected chi connectivity index (χ2v) is 2.09. The van der Waals surface area contributed by atoms with E-state index in [9.17, 15) is 0 Å². The fraction of sp³-hybridized carbons (Fsp3) is 0.200. The highest BCUT2D eigenvalue weighted by molar-refractivity contribution is 6.29. The number of oxime groups is 1. The second-order valence-electron chi connectivity index (χ2n) is 1.70. The number of hydrogen-bond acceptors (Lipinski definition) is 4. The fourth-order valence-corrected chi connectivity index (χ4v) is 0.607. The molecule has 1 rings (SSSR count). The maximum Gasteiger partial charge on any atom is 0.185 e. The summed E-state index contributed by atoms with van der Waals surface area (Å²) in [6.45, 7) is 1.58. The molecule has 0 radical (unpaired) electrons. The van der Waals surface area contributed by atoms with Crippen molar-refractivity contribution < 1.29 is 9.73 Å². The van der Waals surface area contributed by atoms with E-state index in [0.717, 1.165) is 0 Å². The quantitative estimate of drug-likeness (QED) is 0.385. The highest BCUT2D eigenvalue weighted by Crippen LogP contribution is 2.09. The molecule has 10 heavy (non-hydrogen) atoms. The van der Waals surface area contributed by atoms with Gasteiger partial charge in [0.1, 0.15) is 5.71 Å². The lowest BCUT2D eigenvalue weighted by molar-refractivity contribution is 0.316. The van der Waals surface area contributed by atoms with Crippen LogP contribution in [0.15, 0.2) is 15.7 Å². The van der Waals surface area contributed by atoms with Crippen LogP contribution in [0.5, 0.6) is 0 Å². The SMILES string of the molecule is CC(=NO)c1cc(Cl)no1. The van der Waals surface area contributed by atoms with E-state index in [1.54, 1.807) is 6.92 Å². The van der Waals surface area contributed by atoms with E-state index < -0.39 is 0 Å². The lowest BCUT2D eigenvalue weighted by atomic mass is 10.3. The fourth-order valence-electron chi connectivity index (χ4n) is 0.473. The Bertz CT molecular complexity index is 256. The topological polar surface area (TPSA) is 58.6 Å². The molecule has 0 saturated heterocycles. The van der Waals surface area contributed by atoms with E-state index in [4.69, 9.17) is 16.8 Å². The van der Waals surface area contributed by atoms with E-state index in [-0.39, 0.29) is 5.15 Å². The average Bonchev–Trinajstić information content (AvgIpc) is 2.34. The minimum atomic E-state index is 0.248. The van der Waals surface area contributed by atoms with Crippen LogP contribution in [0.3, 0.4) is 0 Å². The van der Waals surface area contributed by atoms with Crippen molar-refractivity contribution in [1.29, 1.82) is 0 Å². The van der Waals surface area contributed by atoms with Crippen molar-refractivity contribution in [2.24, 2.45) is 5.16 Å². The van der Waals surface area contributed by atoms with Gasteiger partial charge in [-0.3, -0.25) is 0 Å². The van der Waals surface area contributed by atoms with E-state index in [2.05, 4.69) is 14.8 Å². The van der Waals surface area contributed by atoms with Gasteiger partial charge < -0.3 is 9.73 Å². The first-order valence-corrected chi connectivity index (χ1v) is 2.93. The summed E-state index contributed by atoms with van der Waals surface area (Å²) in [5.74, 6) is 0.368. The Kier molecular flexibility index (Phi) is 1.91. The molecule has 0 saturated carbocycles. The normalized spacial score (nSPS) is 12.0. The predicted molar refractivity (Wildman–Crippen MR) is 35.5 cm³/mol. The molecule has 0 aliphatic rings. The molecule has 0 aliphatic heterocycles. The van der Waals surface area contributed by atoms with Gasteiger partial charge in [-0.25, -0.2) is 0 Å². The third-order valence-electron chi connectivity index (χ3n) is 0.988. The predicted octanol–water partition coefficient (Wildman–Crippen LogP) is 1.53. The van der Waals surface area contributed by atoms with Crippen molar-refractivity contribution in [3.8, 4) is 0 Å². The Labute approximate surface area is 62.1 Å². The number of rotatable bonds is 1. The van der Waals surface area contributed by atoms with Gasteiger partial charge in [0.15, 0.2) is 10.9 Å². The van der Waals surface area contributed by atoms with Gasteiger partial charge in [0.25, 0.3) is 0 Å². The van der Waals surface area contributed by atoms with Crippen LogP contribution >= 0.6 is 11.6 Å². The molecular weight excluding hydrogens is 156 g/mol. The molecule has 1 aromatic heterocycles. The van der Waals surface area contributed by atoms with Crippen molar-refractivity contribution in [3.05, 3.63) is 17.0 Å².